The highest BCUT2D eigenvalue weighted by Crippen LogP contribution is 2.27. The molecule has 26 heavy (non-hydrogen) atoms. The van der Waals surface area contributed by atoms with Crippen LogP contribution in [0.25, 0.3) is 0 Å². The van der Waals surface area contributed by atoms with Crippen molar-refractivity contribution in [3.63, 3.8) is 0 Å². The molecule has 0 radical (unpaired) electrons. The molecule has 0 atom stereocenters. The molecule has 7 nitrogen and oxygen atoms in total. The second-order valence-electron chi connectivity index (χ2n) is 6.37. The van der Waals surface area contributed by atoms with Crippen LogP contribution in [0.4, 0.5) is 4.39 Å². The molecule has 2 N–H and O–H groups in total. The predicted octanol–water partition coefficient (Wildman–Crippen LogP) is 1.89. The fraction of sp³-hybridized carbons (Fsp3) is 0.353. The number of carbonyl (C=O) groups excluding carboxylic acids is 1. The molecule has 3 rings (SSSR count). The number of fused-ring (bicyclic) bond motifs is 1. The molecule has 0 saturated heterocycles. The Bertz CT molecular complexity index is 942. The first kappa shape index (κ1) is 18.8. The van der Waals surface area contributed by atoms with Gasteiger partial charge in [0.15, 0.2) is 5.69 Å². The van der Waals surface area contributed by atoms with E-state index in [4.69, 9.17) is 4.74 Å². The number of amides is 1. The van der Waals surface area contributed by atoms with E-state index >= 15 is 0 Å². The van der Waals surface area contributed by atoms with Crippen LogP contribution in [-0.4, -0.2) is 27.2 Å². The molecular weight excluding hydrogens is 456 g/mol. The number of hydrogen-bond acceptors (Lipinski definition) is 5. The van der Waals surface area contributed by atoms with Crippen molar-refractivity contribution >= 4 is 28.5 Å². The number of ether oxygens (including phenoxy) is 1. The summed E-state index contributed by atoms with van der Waals surface area (Å²) in [5.74, 6) is -1.47. The monoisotopic (exact) mass is 473 g/mol. The van der Waals surface area contributed by atoms with E-state index in [1.807, 2.05) is 22.6 Å². The van der Waals surface area contributed by atoms with Crippen molar-refractivity contribution in [2.24, 2.45) is 0 Å². The van der Waals surface area contributed by atoms with Gasteiger partial charge >= 0.3 is 0 Å². The number of rotatable bonds is 3. The quantitative estimate of drug-likeness (QED) is 0.665. The lowest BCUT2D eigenvalue weighted by Gasteiger charge is -2.32. The Kier molecular flexibility index (Phi) is 5.02. The number of aromatic hydroxyl groups is 1. The first-order valence-corrected chi connectivity index (χ1v) is 8.99. The van der Waals surface area contributed by atoms with Gasteiger partial charge in [-0.3, -0.25) is 14.2 Å². The maximum atomic E-state index is 13.2. The molecule has 0 saturated carbocycles. The minimum Gasteiger partial charge on any atom is -0.501 e. The second kappa shape index (κ2) is 6.95. The molecular formula is C17H17FIN3O4. The molecule has 1 aromatic heterocycles. The largest absolute Gasteiger partial charge is 0.501 e. The fourth-order valence-corrected chi connectivity index (χ4v) is 3.42. The Labute approximate surface area is 162 Å². The van der Waals surface area contributed by atoms with Gasteiger partial charge in [0, 0.05) is 10.1 Å². The summed E-state index contributed by atoms with van der Waals surface area (Å²) in [6, 6.07) is 4.21. The smallest absolute Gasteiger partial charge is 0.296 e. The first-order valence-electron chi connectivity index (χ1n) is 7.91. The summed E-state index contributed by atoms with van der Waals surface area (Å²) in [6.07, 6.45) is 0. The van der Waals surface area contributed by atoms with Crippen molar-refractivity contribution in [1.82, 2.24) is 14.9 Å². The van der Waals surface area contributed by atoms with Gasteiger partial charge in [-0.15, -0.1) is 0 Å². The molecule has 0 fully saturated rings. The van der Waals surface area contributed by atoms with Crippen LogP contribution in [-0.2, 0) is 23.4 Å². The van der Waals surface area contributed by atoms with Crippen LogP contribution in [0.2, 0.25) is 0 Å². The molecule has 2 heterocycles. The zero-order valence-corrected chi connectivity index (χ0v) is 16.3. The SMILES string of the molecule is CC1(C)OCCn2c1nc(C(=O)NCc1ccc(F)cc1I)c(O)c2=O. The van der Waals surface area contributed by atoms with Crippen molar-refractivity contribution in [2.45, 2.75) is 32.5 Å². The number of carbonyl (C=O) groups is 1. The number of aromatic nitrogens is 2. The van der Waals surface area contributed by atoms with Crippen LogP contribution in [0, 0.1) is 9.39 Å². The van der Waals surface area contributed by atoms with Gasteiger partial charge in [-0.1, -0.05) is 6.07 Å². The van der Waals surface area contributed by atoms with Gasteiger partial charge in [-0.2, -0.15) is 0 Å². The lowest BCUT2D eigenvalue weighted by Crippen LogP contribution is -2.42. The highest BCUT2D eigenvalue weighted by Gasteiger charge is 2.34. The number of hydrogen-bond donors (Lipinski definition) is 2. The number of halogens is 2. The van der Waals surface area contributed by atoms with Gasteiger partial charge in [0.25, 0.3) is 11.5 Å². The topological polar surface area (TPSA) is 93.5 Å². The summed E-state index contributed by atoms with van der Waals surface area (Å²) in [7, 11) is 0. The number of benzene rings is 1. The zero-order valence-electron chi connectivity index (χ0n) is 14.2. The van der Waals surface area contributed by atoms with Crippen molar-refractivity contribution in [3.05, 3.63) is 55.0 Å². The summed E-state index contributed by atoms with van der Waals surface area (Å²) in [5.41, 5.74) is -1.17. The van der Waals surface area contributed by atoms with E-state index in [-0.39, 0.29) is 30.4 Å². The van der Waals surface area contributed by atoms with Gasteiger partial charge in [0.2, 0.25) is 5.75 Å². The molecule has 1 aromatic carbocycles. The third-order valence-electron chi connectivity index (χ3n) is 4.13. The highest BCUT2D eigenvalue weighted by atomic mass is 127. The fourth-order valence-electron chi connectivity index (χ4n) is 2.75. The molecule has 0 aliphatic carbocycles. The van der Waals surface area contributed by atoms with Gasteiger partial charge in [0.05, 0.1) is 13.2 Å². The average Bonchev–Trinajstić information content (AvgIpc) is 2.57. The average molecular weight is 473 g/mol. The van der Waals surface area contributed by atoms with Crippen LogP contribution in [0.1, 0.15) is 35.7 Å². The van der Waals surface area contributed by atoms with Crippen molar-refractivity contribution in [1.29, 1.82) is 0 Å². The molecule has 138 valence electrons. The number of nitrogens with zero attached hydrogens (tertiary/aromatic N) is 2. The Morgan fingerprint density at radius 3 is 2.92 bits per heavy atom. The molecule has 0 spiro atoms. The van der Waals surface area contributed by atoms with Crippen LogP contribution in [0.5, 0.6) is 5.75 Å². The Balaban J connectivity index is 1.90. The molecule has 1 aliphatic heterocycles. The van der Waals surface area contributed by atoms with E-state index in [0.29, 0.717) is 15.7 Å². The number of nitrogens with one attached hydrogen (secondary N) is 1. The van der Waals surface area contributed by atoms with E-state index in [2.05, 4.69) is 10.3 Å². The Hall–Kier alpha value is -2.01. The predicted molar refractivity (Wildman–Crippen MR) is 99.4 cm³/mol. The van der Waals surface area contributed by atoms with E-state index in [1.165, 1.54) is 16.7 Å². The Morgan fingerprint density at radius 2 is 2.23 bits per heavy atom. The summed E-state index contributed by atoms with van der Waals surface area (Å²) < 4.78 is 20.7. The third-order valence-corrected chi connectivity index (χ3v) is 5.14. The van der Waals surface area contributed by atoms with Crippen molar-refractivity contribution in [3.8, 4) is 5.75 Å². The molecule has 1 aliphatic rings. The second-order valence-corrected chi connectivity index (χ2v) is 7.53. The summed E-state index contributed by atoms with van der Waals surface area (Å²) >= 11 is 1.97. The molecule has 0 bridgehead atoms. The maximum Gasteiger partial charge on any atom is 0.296 e. The zero-order chi connectivity index (χ0) is 19.1. The summed E-state index contributed by atoms with van der Waals surface area (Å²) in [4.78, 5) is 29.0. The van der Waals surface area contributed by atoms with Gasteiger partial charge in [-0.05, 0) is 54.1 Å². The van der Waals surface area contributed by atoms with Crippen LogP contribution in [0.3, 0.4) is 0 Å². The van der Waals surface area contributed by atoms with Crippen LogP contribution < -0.4 is 10.9 Å². The van der Waals surface area contributed by atoms with Crippen LogP contribution >= 0.6 is 22.6 Å². The lowest BCUT2D eigenvalue weighted by atomic mass is 10.1. The van der Waals surface area contributed by atoms with Crippen molar-refractivity contribution in [2.75, 3.05) is 6.61 Å². The third kappa shape index (κ3) is 3.45. The van der Waals surface area contributed by atoms with E-state index in [0.717, 1.165) is 0 Å². The van der Waals surface area contributed by atoms with Crippen molar-refractivity contribution < 1.29 is 19.0 Å². The van der Waals surface area contributed by atoms with E-state index in [1.54, 1.807) is 19.9 Å². The Morgan fingerprint density at radius 1 is 1.50 bits per heavy atom. The van der Waals surface area contributed by atoms with Crippen LogP contribution in [0.15, 0.2) is 23.0 Å². The standard InChI is InChI=1S/C17H17FIN3O4/c1-17(2)16-21-12(13(23)15(25)22(16)5-6-26-17)14(24)20-8-9-3-4-10(18)7-11(9)19/h3-4,7,23H,5-6,8H2,1-2H3,(H,20,24). The van der Waals surface area contributed by atoms with Gasteiger partial charge < -0.3 is 15.2 Å². The summed E-state index contributed by atoms with van der Waals surface area (Å²) in [6.45, 7) is 4.16. The summed E-state index contributed by atoms with van der Waals surface area (Å²) in [5, 5.41) is 12.7. The molecule has 1 amide bonds. The lowest BCUT2D eigenvalue weighted by molar-refractivity contribution is -0.0566. The molecule has 9 heteroatoms. The van der Waals surface area contributed by atoms with E-state index < -0.39 is 22.8 Å². The minimum absolute atomic E-state index is 0.108. The van der Waals surface area contributed by atoms with Gasteiger partial charge in [0.1, 0.15) is 17.2 Å². The maximum absolute atomic E-state index is 13.2. The molecule has 0 unspecified atom stereocenters. The normalized spacial score (nSPS) is 15.4. The first-order chi connectivity index (χ1) is 12.2. The van der Waals surface area contributed by atoms with E-state index in [9.17, 15) is 19.1 Å². The van der Waals surface area contributed by atoms with Gasteiger partial charge in [-0.25, -0.2) is 9.37 Å². The highest BCUT2D eigenvalue weighted by molar-refractivity contribution is 14.1. The molecule has 2 aromatic rings. The minimum atomic E-state index is -0.855.